The number of rotatable bonds is 11. The average molecular weight is 494 g/mol. The molecule has 1 aromatic carbocycles. The molecule has 3 N–H and O–H groups in total. The number of carbonyl (C=O) groups excluding carboxylic acids is 3. The Bertz CT molecular complexity index is 857. The summed E-state index contributed by atoms with van der Waals surface area (Å²) in [6.45, 7) is 9.81. The van der Waals surface area contributed by atoms with Crippen LogP contribution in [0.15, 0.2) is 24.3 Å². The van der Waals surface area contributed by atoms with Crippen LogP contribution in [-0.2, 0) is 14.3 Å². The molecular weight excluding hydrogens is 454 g/mol. The zero-order valence-electron chi connectivity index (χ0n) is 20.8. The largest absolute Gasteiger partial charge is 0.508 e. The molecule has 0 bridgehead atoms. The quantitative estimate of drug-likeness (QED) is 0.277. The summed E-state index contributed by atoms with van der Waals surface area (Å²) in [5, 5.41) is 15.6. The van der Waals surface area contributed by atoms with Crippen molar-refractivity contribution >= 4 is 30.5 Å². The second kappa shape index (κ2) is 12.3. The highest BCUT2D eigenvalue weighted by Crippen LogP contribution is 2.41. The molecule has 9 heteroatoms. The molecule has 4 atom stereocenters. The lowest BCUT2D eigenvalue weighted by Gasteiger charge is -2.34. The fourth-order valence-electron chi connectivity index (χ4n) is 3.80. The molecule has 1 aliphatic carbocycles. The van der Waals surface area contributed by atoms with Gasteiger partial charge < -0.3 is 25.4 Å². The number of thiol groups is 1. The number of benzene rings is 1. The minimum absolute atomic E-state index is 0.00940. The number of aromatic hydroxyl groups is 1. The Balaban J connectivity index is 2.36. The molecule has 0 aliphatic heterocycles. The van der Waals surface area contributed by atoms with Crippen LogP contribution in [0.25, 0.3) is 0 Å². The van der Waals surface area contributed by atoms with Crippen molar-refractivity contribution in [2.75, 3.05) is 12.3 Å². The van der Waals surface area contributed by atoms with Crippen LogP contribution >= 0.6 is 12.6 Å². The van der Waals surface area contributed by atoms with Crippen LogP contribution in [0.2, 0.25) is 0 Å². The van der Waals surface area contributed by atoms with E-state index in [4.69, 9.17) is 4.74 Å². The predicted molar refractivity (Wildman–Crippen MR) is 135 cm³/mol. The molecule has 0 aromatic heterocycles. The molecule has 1 aliphatic rings. The first-order chi connectivity index (χ1) is 16.0. The predicted octanol–water partition coefficient (Wildman–Crippen LogP) is 3.80. The normalized spacial score (nSPS) is 19.0. The van der Waals surface area contributed by atoms with Gasteiger partial charge in [-0.05, 0) is 57.2 Å². The summed E-state index contributed by atoms with van der Waals surface area (Å²) in [5.74, 6) is -0.467. The van der Waals surface area contributed by atoms with E-state index in [0.29, 0.717) is 12.1 Å². The maximum Gasteiger partial charge on any atom is 0.408 e. The number of amides is 3. The number of nitrogens with one attached hydrogen (secondary N) is 2. The number of hydrogen-bond donors (Lipinski definition) is 4. The Morgan fingerprint density at radius 2 is 1.94 bits per heavy atom. The summed E-state index contributed by atoms with van der Waals surface area (Å²) in [4.78, 5) is 41.1. The second-order valence-corrected chi connectivity index (χ2v) is 10.3. The highest BCUT2D eigenvalue weighted by atomic mass is 32.1. The number of phenols is 1. The summed E-state index contributed by atoms with van der Waals surface area (Å²) >= 11 is 4.29. The van der Waals surface area contributed by atoms with Crippen molar-refractivity contribution in [3.8, 4) is 5.75 Å². The van der Waals surface area contributed by atoms with Crippen molar-refractivity contribution in [1.82, 2.24) is 15.5 Å². The van der Waals surface area contributed by atoms with Gasteiger partial charge in [-0.1, -0.05) is 38.8 Å². The number of ether oxygens (including phenoxy) is 1. The Kier molecular flexibility index (Phi) is 10.1. The summed E-state index contributed by atoms with van der Waals surface area (Å²) in [6.07, 6.45) is 2.87. The molecule has 0 heterocycles. The third-order valence-corrected chi connectivity index (χ3v) is 6.01. The summed E-state index contributed by atoms with van der Waals surface area (Å²) in [5.41, 5.74) is -0.211. The Hall–Kier alpha value is -2.42. The highest BCUT2D eigenvalue weighted by molar-refractivity contribution is 7.80. The fraction of sp³-hybridized carbons (Fsp3) is 0.640. The first-order valence-corrected chi connectivity index (χ1v) is 12.6. The first-order valence-electron chi connectivity index (χ1n) is 12.0. The fourth-order valence-corrected chi connectivity index (χ4v) is 4.05. The minimum Gasteiger partial charge on any atom is -0.508 e. The standard InChI is InChI=1S/C25H39N3O5S/c1-6-7-8-12-26-22(30)21(17-10-9-11-18(29)14-17)28(20-13-16(20)2)23(31)19(15-34)27-24(32)33-25(3,4)5/h9-11,14,16,19-21,29,34H,6-8,12-13,15H2,1-5H3,(H,26,30)(H,27,32). The molecule has 0 spiro atoms. The SMILES string of the molecule is CCCCCNC(=O)C(c1cccc(O)c1)N(C(=O)C(CS)NC(=O)OC(C)(C)C)C1CC1C. The molecule has 1 aromatic rings. The average Bonchev–Trinajstić information content (AvgIpc) is 3.47. The van der Waals surface area contributed by atoms with Crippen LogP contribution in [0.5, 0.6) is 5.75 Å². The van der Waals surface area contributed by atoms with Gasteiger partial charge in [-0.2, -0.15) is 12.6 Å². The Morgan fingerprint density at radius 3 is 2.47 bits per heavy atom. The van der Waals surface area contributed by atoms with Crippen LogP contribution in [0, 0.1) is 5.92 Å². The van der Waals surface area contributed by atoms with E-state index in [1.807, 2.05) is 6.92 Å². The van der Waals surface area contributed by atoms with Crippen molar-refractivity contribution in [3.05, 3.63) is 29.8 Å². The van der Waals surface area contributed by atoms with E-state index in [9.17, 15) is 19.5 Å². The van der Waals surface area contributed by atoms with Gasteiger partial charge in [0, 0.05) is 18.3 Å². The minimum atomic E-state index is -0.973. The molecular formula is C25H39N3O5S. The van der Waals surface area contributed by atoms with E-state index in [2.05, 4.69) is 30.2 Å². The number of carbonyl (C=O) groups is 3. The molecule has 34 heavy (non-hydrogen) atoms. The van der Waals surface area contributed by atoms with Gasteiger partial charge in [-0.25, -0.2) is 4.79 Å². The molecule has 2 rings (SSSR count). The van der Waals surface area contributed by atoms with Gasteiger partial charge in [0.1, 0.15) is 23.4 Å². The van der Waals surface area contributed by atoms with Gasteiger partial charge in [0.05, 0.1) is 0 Å². The maximum absolute atomic E-state index is 13.7. The molecule has 4 unspecified atom stereocenters. The third kappa shape index (κ3) is 8.11. The van der Waals surface area contributed by atoms with E-state index in [0.717, 1.165) is 25.7 Å². The summed E-state index contributed by atoms with van der Waals surface area (Å²) < 4.78 is 5.31. The molecule has 190 valence electrons. The van der Waals surface area contributed by atoms with Crippen LogP contribution in [0.4, 0.5) is 4.79 Å². The topological polar surface area (TPSA) is 108 Å². The van der Waals surface area contributed by atoms with Crippen molar-refractivity contribution in [2.24, 2.45) is 5.92 Å². The highest BCUT2D eigenvalue weighted by Gasteiger charge is 2.48. The third-order valence-electron chi connectivity index (χ3n) is 5.64. The van der Waals surface area contributed by atoms with Gasteiger partial charge in [-0.3, -0.25) is 9.59 Å². The second-order valence-electron chi connectivity index (χ2n) is 9.90. The number of hydrogen-bond acceptors (Lipinski definition) is 6. The van der Waals surface area contributed by atoms with Crippen LogP contribution < -0.4 is 10.6 Å². The van der Waals surface area contributed by atoms with Crippen LogP contribution in [0.3, 0.4) is 0 Å². The van der Waals surface area contributed by atoms with Gasteiger partial charge in [0.25, 0.3) is 0 Å². The van der Waals surface area contributed by atoms with E-state index in [1.54, 1.807) is 37.8 Å². The smallest absolute Gasteiger partial charge is 0.408 e. The lowest BCUT2D eigenvalue weighted by molar-refractivity contribution is -0.143. The van der Waals surface area contributed by atoms with E-state index < -0.39 is 29.7 Å². The zero-order valence-corrected chi connectivity index (χ0v) is 21.7. The monoisotopic (exact) mass is 493 g/mol. The molecule has 1 saturated carbocycles. The molecule has 0 saturated heterocycles. The zero-order chi connectivity index (χ0) is 25.5. The molecule has 1 fully saturated rings. The van der Waals surface area contributed by atoms with Gasteiger partial charge in [0.15, 0.2) is 0 Å². The van der Waals surface area contributed by atoms with Crippen LogP contribution in [0.1, 0.15) is 71.9 Å². The Morgan fingerprint density at radius 1 is 1.26 bits per heavy atom. The summed E-state index contributed by atoms with van der Waals surface area (Å²) in [6, 6.07) is 4.31. The van der Waals surface area contributed by atoms with Crippen LogP contribution in [-0.4, -0.2) is 57.9 Å². The van der Waals surface area contributed by atoms with Crippen molar-refractivity contribution in [1.29, 1.82) is 0 Å². The van der Waals surface area contributed by atoms with E-state index in [-0.39, 0.29) is 29.4 Å². The van der Waals surface area contributed by atoms with Crippen molar-refractivity contribution in [3.63, 3.8) is 0 Å². The molecule has 8 nitrogen and oxygen atoms in total. The Labute approximate surface area is 208 Å². The molecule has 3 amide bonds. The number of phenolic OH excluding ortho intramolecular Hbond substituents is 1. The lowest BCUT2D eigenvalue weighted by atomic mass is 10.0. The van der Waals surface area contributed by atoms with E-state index >= 15 is 0 Å². The maximum atomic E-state index is 13.7. The summed E-state index contributed by atoms with van der Waals surface area (Å²) in [7, 11) is 0. The number of alkyl carbamates (subject to hydrolysis) is 1. The van der Waals surface area contributed by atoms with Gasteiger partial charge >= 0.3 is 6.09 Å². The number of nitrogens with zero attached hydrogens (tertiary/aromatic N) is 1. The number of unbranched alkanes of at least 4 members (excludes halogenated alkanes) is 2. The lowest BCUT2D eigenvalue weighted by Crippen LogP contribution is -2.54. The van der Waals surface area contributed by atoms with Crippen molar-refractivity contribution in [2.45, 2.75) is 84.0 Å². The van der Waals surface area contributed by atoms with Crippen molar-refractivity contribution < 1.29 is 24.2 Å². The van der Waals surface area contributed by atoms with Gasteiger partial charge in [0.2, 0.25) is 11.8 Å². The van der Waals surface area contributed by atoms with E-state index in [1.165, 1.54) is 12.1 Å². The molecule has 0 radical (unpaired) electrons. The van der Waals surface area contributed by atoms with Gasteiger partial charge in [-0.15, -0.1) is 0 Å². The first kappa shape index (κ1) is 27.8.